The topological polar surface area (TPSA) is 64.1 Å². The summed E-state index contributed by atoms with van der Waals surface area (Å²) < 4.78 is 6.15. The van der Waals surface area contributed by atoms with Gasteiger partial charge in [0.15, 0.2) is 0 Å². The minimum absolute atomic E-state index is 0.147. The van der Waals surface area contributed by atoms with Crippen LogP contribution in [0.15, 0.2) is 79.3 Å². The van der Waals surface area contributed by atoms with E-state index in [-0.39, 0.29) is 5.91 Å². The Morgan fingerprint density at radius 2 is 1.86 bits per heavy atom. The molecule has 0 spiro atoms. The quantitative estimate of drug-likeness (QED) is 0.556. The summed E-state index contributed by atoms with van der Waals surface area (Å²) in [4.78, 5) is 21.1. The second-order valence-electron chi connectivity index (χ2n) is 6.40. The average molecular weight is 369 g/mol. The van der Waals surface area contributed by atoms with Crippen LogP contribution in [0.1, 0.15) is 21.5 Å². The lowest BCUT2D eigenvalue weighted by molar-refractivity contribution is 0.0950. The van der Waals surface area contributed by atoms with Gasteiger partial charge in [0.25, 0.3) is 5.91 Å². The summed E-state index contributed by atoms with van der Waals surface area (Å²) in [5.74, 6) is 1.21. The van der Waals surface area contributed by atoms with Gasteiger partial charge >= 0.3 is 0 Å². The van der Waals surface area contributed by atoms with Crippen molar-refractivity contribution in [2.75, 3.05) is 0 Å². The van der Waals surface area contributed by atoms with Crippen LogP contribution in [0.4, 0.5) is 0 Å². The summed E-state index contributed by atoms with van der Waals surface area (Å²) in [7, 11) is 0. The van der Waals surface area contributed by atoms with E-state index in [0.717, 1.165) is 22.0 Å². The highest BCUT2D eigenvalue weighted by molar-refractivity contribution is 5.96. The molecule has 0 fully saturated rings. The lowest BCUT2D eigenvalue weighted by Crippen LogP contribution is -2.23. The van der Waals surface area contributed by atoms with Gasteiger partial charge in [-0.2, -0.15) is 0 Å². The molecular weight excluding hydrogens is 350 g/mol. The molecule has 5 heteroatoms. The van der Waals surface area contributed by atoms with Crippen molar-refractivity contribution in [3.05, 3.63) is 95.9 Å². The van der Waals surface area contributed by atoms with Crippen LogP contribution in [-0.2, 0) is 6.54 Å². The summed E-state index contributed by atoms with van der Waals surface area (Å²) in [5, 5.41) is 3.86. The number of rotatable bonds is 5. The van der Waals surface area contributed by atoms with Crippen molar-refractivity contribution in [1.29, 1.82) is 0 Å². The normalized spacial score (nSPS) is 10.6. The van der Waals surface area contributed by atoms with Gasteiger partial charge in [-0.3, -0.25) is 14.8 Å². The lowest BCUT2D eigenvalue weighted by Gasteiger charge is -2.14. The fourth-order valence-corrected chi connectivity index (χ4v) is 3.03. The first-order valence-electron chi connectivity index (χ1n) is 9.01. The Morgan fingerprint density at radius 3 is 2.71 bits per heavy atom. The molecule has 28 heavy (non-hydrogen) atoms. The van der Waals surface area contributed by atoms with Gasteiger partial charge in [-0.05, 0) is 48.9 Å². The standard InChI is InChI=1S/C23H19N3O2/c1-16-18(23(27)26-15-17-6-5-12-24-14-17)8-4-10-21(16)28-22-11-13-25-20-9-3-2-7-19(20)22/h2-14H,15H2,1H3,(H,26,27). The van der Waals surface area contributed by atoms with Crippen molar-refractivity contribution in [2.45, 2.75) is 13.5 Å². The Hall–Kier alpha value is -3.73. The average Bonchev–Trinajstić information content (AvgIpc) is 2.74. The predicted octanol–water partition coefficient (Wildman–Crippen LogP) is 4.66. The maximum Gasteiger partial charge on any atom is 0.251 e. The molecule has 4 aromatic rings. The fourth-order valence-electron chi connectivity index (χ4n) is 3.03. The highest BCUT2D eigenvalue weighted by Crippen LogP contribution is 2.31. The van der Waals surface area contributed by atoms with Gasteiger partial charge in [0.05, 0.1) is 5.52 Å². The summed E-state index contributed by atoms with van der Waals surface area (Å²) in [5.41, 5.74) is 3.18. The number of aromatic nitrogens is 2. The molecule has 4 rings (SSSR count). The maximum absolute atomic E-state index is 12.7. The number of carbonyl (C=O) groups excluding carboxylic acids is 1. The molecular formula is C23H19N3O2. The van der Waals surface area contributed by atoms with Gasteiger partial charge < -0.3 is 10.1 Å². The van der Waals surface area contributed by atoms with E-state index in [1.807, 2.05) is 61.5 Å². The molecule has 138 valence electrons. The third-order valence-electron chi connectivity index (χ3n) is 4.53. The smallest absolute Gasteiger partial charge is 0.251 e. The van der Waals surface area contributed by atoms with Crippen molar-refractivity contribution in [1.82, 2.24) is 15.3 Å². The zero-order valence-corrected chi connectivity index (χ0v) is 15.4. The largest absolute Gasteiger partial charge is 0.456 e. The van der Waals surface area contributed by atoms with Gasteiger partial charge in [-0.15, -0.1) is 0 Å². The monoisotopic (exact) mass is 369 g/mol. The van der Waals surface area contributed by atoms with Crippen LogP contribution in [0.5, 0.6) is 11.5 Å². The Balaban J connectivity index is 1.57. The van der Waals surface area contributed by atoms with E-state index in [9.17, 15) is 4.79 Å². The number of pyridine rings is 2. The summed E-state index contributed by atoms with van der Waals surface area (Å²) in [6.45, 7) is 2.31. The van der Waals surface area contributed by atoms with Gasteiger partial charge in [-0.25, -0.2) is 0 Å². The SMILES string of the molecule is Cc1c(Oc2ccnc3ccccc23)cccc1C(=O)NCc1cccnc1. The van der Waals surface area contributed by atoms with Crippen molar-refractivity contribution in [2.24, 2.45) is 0 Å². The molecule has 2 heterocycles. The van der Waals surface area contributed by atoms with Crippen LogP contribution >= 0.6 is 0 Å². The van der Waals surface area contributed by atoms with Crippen LogP contribution in [0.25, 0.3) is 10.9 Å². The first-order valence-corrected chi connectivity index (χ1v) is 9.01. The Bertz CT molecular complexity index is 1120. The summed E-state index contributed by atoms with van der Waals surface area (Å²) >= 11 is 0. The van der Waals surface area contributed by atoms with Crippen molar-refractivity contribution in [3.8, 4) is 11.5 Å². The highest BCUT2D eigenvalue weighted by Gasteiger charge is 2.14. The zero-order valence-electron chi connectivity index (χ0n) is 15.4. The first-order chi connectivity index (χ1) is 13.7. The van der Waals surface area contributed by atoms with E-state index in [4.69, 9.17) is 4.74 Å². The van der Waals surface area contributed by atoms with E-state index >= 15 is 0 Å². The molecule has 0 saturated carbocycles. The van der Waals surface area contributed by atoms with Crippen LogP contribution in [-0.4, -0.2) is 15.9 Å². The van der Waals surface area contributed by atoms with Crippen molar-refractivity contribution in [3.63, 3.8) is 0 Å². The number of hydrogen-bond acceptors (Lipinski definition) is 4. The van der Waals surface area contributed by atoms with E-state index in [0.29, 0.717) is 23.6 Å². The molecule has 0 atom stereocenters. The predicted molar refractivity (Wildman–Crippen MR) is 108 cm³/mol. The second-order valence-corrected chi connectivity index (χ2v) is 6.40. The molecule has 0 aliphatic carbocycles. The third kappa shape index (κ3) is 3.69. The Morgan fingerprint density at radius 1 is 0.964 bits per heavy atom. The zero-order chi connectivity index (χ0) is 19.3. The maximum atomic E-state index is 12.7. The number of nitrogens with zero attached hydrogens (tertiary/aromatic N) is 2. The third-order valence-corrected chi connectivity index (χ3v) is 4.53. The number of para-hydroxylation sites is 1. The number of carbonyl (C=O) groups is 1. The van der Waals surface area contributed by atoms with E-state index in [1.165, 1.54) is 0 Å². The molecule has 2 aromatic carbocycles. The molecule has 0 unspecified atom stereocenters. The Kier molecular flexibility index (Phi) is 4.97. The molecule has 0 radical (unpaired) electrons. The molecule has 1 N–H and O–H groups in total. The number of ether oxygens (including phenoxy) is 1. The van der Waals surface area contributed by atoms with Gasteiger partial charge in [0.2, 0.25) is 0 Å². The molecule has 1 amide bonds. The van der Waals surface area contributed by atoms with Crippen LogP contribution in [0.3, 0.4) is 0 Å². The highest BCUT2D eigenvalue weighted by atomic mass is 16.5. The molecule has 0 bridgehead atoms. The number of nitrogens with one attached hydrogen (secondary N) is 1. The van der Waals surface area contributed by atoms with Crippen LogP contribution < -0.4 is 10.1 Å². The van der Waals surface area contributed by atoms with E-state index in [1.54, 1.807) is 24.7 Å². The minimum Gasteiger partial charge on any atom is -0.456 e. The molecule has 0 aliphatic rings. The van der Waals surface area contributed by atoms with Gasteiger partial charge in [-0.1, -0.05) is 24.3 Å². The molecule has 2 aromatic heterocycles. The number of amides is 1. The van der Waals surface area contributed by atoms with Crippen LogP contribution in [0, 0.1) is 6.92 Å². The van der Waals surface area contributed by atoms with Gasteiger partial charge in [0, 0.05) is 41.6 Å². The van der Waals surface area contributed by atoms with E-state index in [2.05, 4.69) is 15.3 Å². The van der Waals surface area contributed by atoms with Crippen molar-refractivity contribution >= 4 is 16.8 Å². The minimum atomic E-state index is -0.147. The molecule has 0 saturated heterocycles. The van der Waals surface area contributed by atoms with Crippen molar-refractivity contribution < 1.29 is 9.53 Å². The number of hydrogen-bond donors (Lipinski definition) is 1. The molecule has 0 aliphatic heterocycles. The Labute approximate surface area is 163 Å². The van der Waals surface area contributed by atoms with E-state index < -0.39 is 0 Å². The van der Waals surface area contributed by atoms with Gasteiger partial charge in [0.1, 0.15) is 11.5 Å². The van der Waals surface area contributed by atoms with Crippen LogP contribution in [0.2, 0.25) is 0 Å². The fraction of sp³-hybridized carbons (Fsp3) is 0.0870. The summed E-state index contributed by atoms with van der Waals surface area (Å²) in [6, 6.07) is 18.9. The number of fused-ring (bicyclic) bond motifs is 1. The lowest BCUT2D eigenvalue weighted by atomic mass is 10.1. The first kappa shape index (κ1) is 17.7. The molecule has 5 nitrogen and oxygen atoms in total. The number of benzene rings is 2. The second kappa shape index (κ2) is 7.88. The summed E-state index contributed by atoms with van der Waals surface area (Å²) in [6.07, 6.45) is 5.16.